The van der Waals surface area contributed by atoms with E-state index in [2.05, 4.69) is 26.1 Å². The van der Waals surface area contributed by atoms with Gasteiger partial charge in [-0.05, 0) is 36.4 Å². The summed E-state index contributed by atoms with van der Waals surface area (Å²) in [4.78, 5) is 35.2. The van der Waals surface area contributed by atoms with E-state index in [9.17, 15) is 14.4 Å². The van der Waals surface area contributed by atoms with Gasteiger partial charge in [-0.25, -0.2) is 0 Å². The van der Waals surface area contributed by atoms with Crippen molar-refractivity contribution in [3.63, 3.8) is 0 Å². The van der Waals surface area contributed by atoms with E-state index < -0.39 is 0 Å². The van der Waals surface area contributed by atoms with Crippen molar-refractivity contribution in [1.29, 1.82) is 0 Å². The van der Waals surface area contributed by atoms with Crippen molar-refractivity contribution < 1.29 is 14.4 Å². The zero-order chi connectivity index (χ0) is 18.7. The van der Waals surface area contributed by atoms with Gasteiger partial charge in [0.15, 0.2) is 0 Å². The van der Waals surface area contributed by atoms with Crippen molar-refractivity contribution in [1.82, 2.24) is 10.2 Å². The minimum absolute atomic E-state index is 0.276. The Morgan fingerprint density at radius 1 is 0.846 bits per heavy atom. The van der Waals surface area contributed by atoms with E-state index in [1.807, 2.05) is 6.07 Å². The number of benzene rings is 2. The van der Waals surface area contributed by atoms with Gasteiger partial charge in [0.05, 0.1) is 11.7 Å². The molecule has 1 aromatic heterocycles. The van der Waals surface area contributed by atoms with Gasteiger partial charge < -0.3 is 16.0 Å². The molecule has 0 bridgehead atoms. The maximum Gasteiger partial charge on any atom is 0.255 e. The lowest BCUT2D eigenvalue weighted by Crippen LogP contribution is -2.15. The molecule has 0 radical (unpaired) electrons. The van der Waals surface area contributed by atoms with Crippen molar-refractivity contribution in [2.45, 2.75) is 13.8 Å². The molecule has 132 valence electrons. The Kier molecular flexibility index (Phi) is 4.66. The van der Waals surface area contributed by atoms with E-state index in [4.69, 9.17) is 0 Å². The van der Waals surface area contributed by atoms with Crippen LogP contribution in [0.4, 0.5) is 17.1 Å². The lowest BCUT2D eigenvalue weighted by atomic mass is 10.1. The number of carbonyl (C=O) groups excluding carboxylic acids is 3. The monoisotopic (exact) mass is 351 g/mol. The first-order chi connectivity index (χ1) is 12.4. The number of H-pyrrole nitrogens is 1. The van der Waals surface area contributed by atoms with E-state index in [-0.39, 0.29) is 17.7 Å². The largest absolute Gasteiger partial charge is 0.326 e. The molecule has 26 heavy (non-hydrogen) atoms. The van der Waals surface area contributed by atoms with Crippen LogP contribution < -0.4 is 16.0 Å². The first-order valence-corrected chi connectivity index (χ1v) is 7.85. The zero-order valence-electron chi connectivity index (χ0n) is 14.2. The number of amides is 3. The second-order valence-electron chi connectivity index (χ2n) is 5.79. The lowest BCUT2D eigenvalue weighted by molar-refractivity contribution is -0.115. The maximum atomic E-state index is 12.6. The first-order valence-electron chi connectivity index (χ1n) is 7.85. The molecule has 0 aliphatic rings. The molecular formula is C18H17N5O3. The standard InChI is InChI=1S/C18H17N5O3/c1-10(24)20-15-5-12(6-16(8-15)21-11(2)25)18(26)22-14-3-4-17-13(7-14)9-19-23-17/h3-9H,1-2H3,(H,19,23)(H,20,24)(H,21,25)(H,22,26). The Bertz CT molecular complexity index is 975. The van der Waals surface area contributed by atoms with Crippen LogP contribution in [0.2, 0.25) is 0 Å². The molecule has 0 saturated heterocycles. The smallest absolute Gasteiger partial charge is 0.255 e. The average molecular weight is 351 g/mol. The SMILES string of the molecule is CC(=O)Nc1cc(NC(C)=O)cc(C(=O)Nc2ccc3[nH]ncc3c2)c1. The second-order valence-corrected chi connectivity index (χ2v) is 5.79. The molecule has 0 unspecified atom stereocenters. The molecule has 1 heterocycles. The van der Waals surface area contributed by atoms with Crippen LogP contribution >= 0.6 is 0 Å². The number of carbonyl (C=O) groups is 3. The van der Waals surface area contributed by atoms with Gasteiger partial charge in [-0.15, -0.1) is 0 Å². The minimum Gasteiger partial charge on any atom is -0.326 e. The quantitative estimate of drug-likeness (QED) is 0.578. The number of nitrogens with zero attached hydrogens (tertiary/aromatic N) is 1. The zero-order valence-corrected chi connectivity index (χ0v) is 14.2. The van der Waals surface area contributed by atoms with Gasteiger partial charge in [0.1, 0.15) is 0 Å². The Balaban J connectivity index is 1.88. The molecule has 8 nitrogen and oxygen atoms in total. The molecule has 3 rings (SSSR count). The molecule has 0 saturated carbocycles. The summed E-state index contributed by atoms with van der Waals surface area (Å²) < 4.78 is 0. The van der Waals surface area contributed by atoms with Crippen LogP contribution in [-0.2, 0) is 9.59 Å². The number of nitrogens with one attached hydrogen (secondary N) is 4. The van der Waals surface area contributed by atoms with Gasteiger partial charge >= 0.3 is 0 Å². The highest BCUT2D eigenvalue weighted by Crippen LogP contribution is 2.22. The third-order valence-corrected chi connectivity index (χ3v) is 3.53. The number of anilines is 3. The van der Waals surface area contributed by atoms with E-state index in [0.717, 1.165) is 10.9 Å². The molecule has 0 aliphatic heterocycles. The van der Waals surface area contributed by atoms with Crippen molar-refractivity contribution in [3.8, 4) is 0 Å². The van der Waals surface area contributed by atoms with Crippen molar-refractivity contribution in [2.24, 2.45) is 0 Å². The minimum atomic E-state index is -0.369. The van der Waals surface area contributed by atoms with E-state index >= 15 is 0 Å². The van der Waals surface area contributed by atoms with Crippen LogP contribution in [0.15, 0.2) is 42.6 Å². The fourth-order valence-electron chi connectivity index (χ4n) is 2.53. The number of aromatic nitrogens is 2. The van der Waals surface area contributed by atoms with Crippen LogP contribution in [0.1, 0.15) is 24.2 Å². The van der Waals surface area contributed by atoms with Gasteiger partial charge in [-0.3, -0.25) is 19.5 Å². The highest BCUT2D eigenvalue weighted by atomic mass is 16.2. The van der Waals surface area contributed by atoms with Gasteiger partial charge in [-0.1, -0.05) is 0 Å². The Labute approximate surface area is 149 Å². The highest BCUT2D eigenvalue weighted by molar-refractivity contribution is 6.07. The fourth-order valence-corrected chi connectivity index (χ4v) is 2.53. The summed E-state index contributed by atoms with van der Waals surface area (Å²) in [5, 5.41) is 15.7. The molecule has 0 fully saturated rings. The topological polar surface area (TPSA) is 116 Å². The van der Waals surface area contributed by atoms with Crippen molar-refractivity contribution >= 4 is 45.7 Å². The number of rotatable bonds is 4. The van der Waals surface area contributed by atoms with Crippen molar-refractivity contribution in [3.05, 3.63) is 48.2 Å². The fraction of sp³-hybridized carbons (Fsp3) is 0.111. The number of aromatic amines is 1. The summed E-state index contributed by atoms with van der Waals surface area (Å²) in [5.74, 6) is -0.921. The summed E-state index contributed by atoms with van der Waals surface area (Å²) in [7, 11) is 0. The van der Waals surface area contributed by atoms with Crippen molar-refractivity contribution in [2.75, 3.05) is 16.0 Å². The van der Waals surface area contributed by atoms with Gasteiger partial charge in [0.25, 0.3) is 5.91 Å². The average Bonchev–Trinajstić information content (AvgIpc) is 3.01. The van der Waals surface area contributed by atoms with Crippen LogP contribution in [0.5, 0.6) is 0 Å². The molecule has 4 N–H and O–H groups in total. The molecule has 0 aliphatic carbocycles. The van der Waals surface area contributed by atoms with Crippen LogP contribution in [0.25, 0.3) is 10.9 Å². The highest BCUT2D eigenvalue weighted by Gasteiger charge is 2.11. The molecule has 3 aromatic rings. The van der Waals surface area contributed by atoms with E-state index in [0.29, 0.717) is 22.6 Å². The van der Waals surface area contributed by atoms with E-state index in [1.54, 1.807) is 36.5 Å². The van der Waals surface area contributed by atoms with Gasteiger partial charge in [0, 0.05) is 41.9 Å². The molecule has 0 atom stereocenters. The van der Waals surface area contributed by atoms with Crippen LogP contribution in [0.3, 0.4) is 0 Å². The summed E-state index contributed by atoms with van der Waals surface area (Å²) in [5.41, 5.74) is 2.60. The predicted molar refractivity (Wildman–Crippen MR) is 99.1 cm³/mol. The molecular weight excluding hydrogens is 334 g/mol. The number of fused-ring (bicyclic) bond motifs is 1. The lowest BCUT2D eigenvalue weighted by Gasteiger charge is -2.11. The van der Waals surface area contributed by atoms with E-state index in [1.165, 1.54) is 13.8 Å². The summed E-state index contributed by atoms with van der Waals surface area (Å²) in [6, 6.07) is 10.0. The summed E-state index contributed by atoms with van der Waals surface area (Å²) in [6.45, 7) is 2.73. The summed E-state index contributed by atoms with van der Waals surface area (Å²) >= 11 is 0. The molecule has 3 amide bonds. The number of hydrogen-bond acceptors (Lipinski definition) is 4. The normalized spacial score (nSPS) is 10.4. The maximum absolute atomic E-state index is 12.6. The summed E-state index contributed by atoms with van der Waals surface area (Å²) in [6.07, 6.45) is 1.66. The first kappa shape index (κ1) is 17.2. The molecule has 2 aromatic carbocycles. The second kappa shape index (κ2) is 7.06. The third-order valence-electron chi connectivity index (χ3n) is 3.53. The van der Waals surface area contributed by atoms with Crippen LogP contribution in [0, 0.1) is 0 Å². The number of hydrogen-bond donors (Lipinski definition) is 4. The van der Waals surface area contributed by atoms with Gasteiger partial charge in [0.2, 0.25) is 11.8 Å². The van der Waals surface area contributed by atoms with Gasteiger partial charge in [-0.2, -0.15) is 5.10 Å². The van der Waals surface area contributed by atoms with Crippen LogP contribution in [-0.4, -0.2) is 27.9 Å². The predicted octanol–water partition coefficient (Wildman–Crippen LogP) is 2.73. The Hall–Kier alpha value is -3.68. The molecule has 8 heteroatoms. The molecule has 0 spiro atoms. The Morgan fingerprint density at radius 2 is 1.50 bits per heavy atom. The Morgan fingerprint density at radius 3 is 2.12 bits per heavy atom. The third kappa shape index (κ3) is 4.04.